The number of aromatic nitrogens is 1. The number of pyridine rings is 1. The molecule has 10 heteroatoms. The third kappa shape index (κ3) is 5.90. The van der Waals surface area contributed by atoms with Gasteiger partial charge in [0.25, 0.3) is 0 Å². The Labute approximate surface area is 237 Å². The first-order valence-corrected chi connectivity index (χ1v) is 15.0. The van der Waals surface area contributed by atoms with E-state index in [-0.39, 0.29) is 34.0 Å². The van der Waals surface area contributed by atoms with Gasteiger partial charge in [0.05, 0.1) is 21.7 Å². The molecule has 2 heterocycles. The van der Waals surface area contributed by atoms with Crippen molar-refractivity contribution in [2.75, 3.05) is 18.0 Å². The number of ether oxygens (including phenoxy) is 1. The molecular weight excluding hydrogens is 553 g/mol. The maximum absolute atomic E-state index is 13.9. The number of halogens is 3. The number of aryl methyl sites for hydroxylation is 2. The number of rotatable bonds is 7. The van der Waals surface area contributed by atoms with Crippen molar-refractivity contribution in [3.8, 4) is 5.75 Å². The Hall–Kier alpha value is -3.63. The lowest BCUT2D eigenvalue weighted by Gasteiger charge is -2.40. The van der Waals surface area contributed by atoms with Crippen LogP contribution >= 0.6 is 0 Å². The minimum absolute atomic E-state index is 0.0596. The fraction of sp³-hybridized carbons (Fsp3) is 0.323. The highest BCUT2D eigenvalue weighted by Gasteiger charge is 2.37. The number of piperidine rings is 1. The van der Waals surface area contributed by atoms with E-state index in [9.17, 15) is 26.7 Å². The Morgan fingerprint density at radius 1 is 0.927 bits per heavy atom. The van der Waals surface area contributed by atoms with Crippen LogP contribution in [0, 0.1) is 0 Å². The zero-order valence-corrected chi connectivity index (χ0v) is 23.6. The van der Waals surface area contributed by atoms with Gasteiger partial charge in [-0.15, -0.1) is 13.2 Å². The van der Waals surface area contributed by atoms with Gasteiger partial charge < -0.3 is 14.7 Å². The van der Waals surface area contributed by atoms with Crippen LogP contribution in [0.25, 0.3) is 10.9 Å². The van der Waals surface area contributed by atoms with Gasteiger partial charge >= 0.3 is 6.36 Å². The smallest absolute Gasteiger partial charge is 0.406 e. The lowest BCUT2D eigenvalue weighted by Crippen LogP contribution is -2.43. The monoisotopic (exact) mass is 584 g/mol. The second-order valence-corrected chi connectivity index (χ2v) is 12.2. The van der Waals surface area contributed by atoms with Crippen LogP contribution in [0.1, 0.15) is 43.4 Å². The van der Waals surface area contributed by atoms with Crippen LogP contribution in [0.3, 0.4) is 0 Å². The maximum atomic E-state index is 13.9. The normalized spacial score (nSPS) is 15.7. The lowest BCUT2D eigenvalue weighted by molar-refractivity contribution is -0.274. The molecule has 216 valence electrons. The van der Waals surface area contributed by atoms with Crippen LogP contribution in [0.2, 0.25) is 0 Å². The van der Waals surface area contributed by atoms with Crippen molar-refractivity contribution in [1.29, 1.82) is 0 Å². The van der Waals surface area contributed by atoms with Gasteiger partial charge in [0.15, 0.2) is 0 Å². The Kier molecular flexibility index (Phi) is 7.74. The van der Waals surface area contributed by atoms with Crippen molar-refractivity contribution in [3.05, 3.63) is 89.6 Å². The average Bonchev–Trinajstić information content (AvgIpc) is 2.96. The molecule has 1 aliphatic rings. The first-order chi connectivity index (χ1) is 19.4. The van der Waals surface area contributed by atoms with Gasteiger partial charge in [-0.1, -0.05) is 50.2 Å². The zero-order valence-electron chi connectivity index (χ0n) is 22.8. The highest BCUT2D eigenvalue weighted by molar-refractivity contribution is 7.91. The van der Waals surface area contributed by atoms with Gasteiger partial charge in [-0.25, -0.2) is 8.42 Å². The molecule has 0 amide bonds. The number of nitrogens with zero attached hydrogens (tertiary/aromatic N) is 2. The molecule has 1 saturated heterocycles. The molecule has 0 unspecified atom stereocenters. The highest BCUT2D eigenvalue weighted by Crippen LogP contribution is 2.42. The molecule has 1 aromatic heterocycles. The van der Waals surface area contributed by atoms with Crippen LogP contribution in [-0.4, -0.2) is 38.0 Å². The first-order valence-electron chi connectivity index (χ1n) is 13.5. The van der Waals surface area contributed by atoms with Crippen LogP contribution in [0.5, 0.6) is 5.75 Å². The molecule has 0 bridgehead atoms. The van der Waals surface area contributed by atoms with Crippen LogP contribution in [0.15, 0.2) is 82.7 Å². The Morgan fingerprint density at radius 2 is 1.51 bits per heavy atom. The quantitative estimate of drug-likeness (QED) is 0.264. The summed E-state index contributed by atoms with van der Waals surface area (Å²) in [6.45, 7) is 4.56. The number of fused-ring (bicyclic) bond motifs is 1. The van der Waals surface area contributed by atoms with Gasteiger partial charge in [-0.05, 0) is 72.7 Å². The molecule has 0 aliphatic carbocycles. The molecular formula is C31H31F3N2O4S. The van der Waals surface area contributed by atoms with Crippen LogP contribution < -0.4 is 9.64 Å². The van der Waals surface area contributed by atoms with E-state index in [1.165, 1.54) is 30.5 Å². The summed E-state index contributed by atoms with van der Waals surface area (Å²) in [5.74, 6) is -0.473. The largest absolute Gasteiger partial charge is 0.573 e. The molecule has 41 heavy (non-hydrogen) atoms. The number of aliphatic hydroxyl groups is 1. The van der Waals surface area contributed by atoms with Crippen molar-refractivity contribution in [3.63, 3.8) is 0 Å². The topological polar surface area (TPSA) is 79.7 Å². The van der Waals surface area contributed by atoms with Crippen molar-refractivity contribution < 1.29 is 31.4 Å². The number of benzene rings is 3. The fourth-order valence-corrected chi connectivity index (χ4v) is 6.76. The van der Waals surface area contributed by atoms with Gasteiger partial charge in [0, 0.05) is 24.7 Å². The molecule has 0 atom stereocenters. The molecule has 1 aliphatic heterocycles. The predicted octanol–water partition coefficient (Wildman–Crippen LogP) is 6.58. The SMILES string of the molecule is CCc1ccc(C2(O)CCN(c3c(S(=O)(=O)c4ccc(CC)cc4)cnc4ccc(OC(F)(F)F)cc34)CC2)cc1. The van der Waals surface area contributed by atoms with Crippen molar-refractivity contribution in [1.82, 2.24) is 4.98 Å². The minimum Gasteiger partial charge on any atom is -0.406 e. The molecule has 1 fully saturated rings. The van der Waals surface area contributed by atoms with E-state index in [1.807, 2.05) is 36.1 Å². The molecule has 0 radical (unpaired) electrons. The van der Waals surface area contributed by atoms with Crippen LogP contribution in [0.4, 0.5) is 18.9 Å². The number of hydrogen-bond acceptors (Lipinski definition) is 6. The lowest BCUT2D eigenvalue weighted by atomic mass is 9.84. The molecule has 3 aromatic carbocycles. The van der Waals surface area contributed by atoms with E-state index in [2.05, 4.69) is 16.6 Å². The summed E-state index contributed by atoms with van der Waals surface area (Å²) in [6, 6.07) is 18.0. The Balaban J connectivity index is 1.59. The summed E-state index contributed by atoms with van der Waals surface area (Å²) in [6.07, 6.45) is -1.45. The average molecular weight is 585 g/mol. The fourth-order valence-electron chi connectivity index (χ4n) is 5.33. The van der Waals surface area contributed by atoms with Crippen LogP contribution in [-0.2, 0) is 28.3 Å². The maximum Gasteiger partial charge on any atom is 0.573 e. The summed E-state index contributed by atoms with van der Waals surface area (Å²) in [7, 11) is -4.10. The van der Waals surface area contributed by atoms with Gasteiger partial charge in [0.1, 0.15) is 10.6 Å². The number of alkyl halides is 3. The number of hydrogen-bond donors (Lipinski definition) is 1. The molecule has 5 rings (SSSR count). The predicted molar refractivity (Wildman–Crippen MR) is 151 cm³/mol. The number of sulfone groups is 1. The van der Waals surface area contributed by atoms with Crippen molar-refractivity contribution in [2.24, 2.45) is 0 Å². The summed E-state index contributed by atoms with van der Waals surface area (Å²) in [5.41, 5.74) is 2.34. The molecule has 0 spiro atoms. The Bertz CT molecular complexity index is 1650. The van der Waals surface area contributed by atoms with E-state index >= 15 is 0 Å². The van der Waals surface area contributed by atoms with Gasteiger partial charge in [-0.2, -0.15) is 0 Å². The third-order valence-electron chi connectivity index (χ3n) is 7.75. The van der Waals surface area contributed by atoms with E-state index < -0.39 is 27.6 Å². The second kappa shape index (κ2) is 11.0. The summed E-state index contributed by atoms with van der Waals surface area (Å²) in [4.78, 5) is 6.05. The van der Waals surface area contributed by atoms with Crippen molar-refractivity contribution >= 4 is 26.4 Å². The molecule has 1 N–H and O–H groups in total. The number of anilines is 1. The first kappa shape index (κ1) is 28.9. The van der Waals surface area contributed by atoms with E-state index in [0.29, 0.717) is 18.4 Å². The zero-order chi connectivity index (χ0) is 29.4. The van der Waals surface area contributed by atoms with Gasteiger partial charge in [-0.3, -0.25) is 4.98 Å². The van der Waals surface area contributed by atoms with Crippen molar-refractivity contribution in [2.45, 2.75) is 61.3 Å². The molecule has 4 aromatic rings. The molecule has 6 nitrogen and oxygen atoms in total. The van der Waals surface area contributed by atoms with Gasteiger partial charge in [0.2, 0.25) is 9.84 Å². The highest BCUT2D eigenvalue weighted by atomic mass is 32.2. The third-order valence-corrected chi connectivity index (χ3v) is 9.52. The summed E-state index contributed by atoms with van der Waals surface area (Å²) >= 11 is 0. The Morgan fingerprint density at radius 3 is 2.07 bits per heavy atom. The van der Waals surface area contributed by atoms with E-state index in [0.717, 1.165) is 35.6 Å². The summed E-state index contributed by atoms with van der Waals surface area (Å²) < 4.78 is 71.2. The minimum atomic E-state index is -4.92. The van der Waals surface area contributed by atoms with E-state index in [1.54, 1.807) is 12.1 Å². The van der Waals surface area contributed by atoms with E-state index in [4.69, 9.17) is 0 Å². The summed E-state index contributed by atoms with van der Waals surface area (Å²) in [5, 5.41) is 11.7. The second-order valence-electron chi connectivity index (χ2n) is 10.3. The standard InChI is InChI=1S/C31H31F3N2O4S/c1-3-21-5-9-23(10-6-21)30(37)15-17-36(18-16-30)29-26-19-24(40-31(32,33)34)11-14-27(26)35-20-28(29)41(38,39)25-12-7-22(4-2)8-13-25/h5-14,19-20,37H,3-4,15-18H2,1-2H3. The molecule has 0 saturated carbocycles.